The zero-order chi connectivity index (χ0) is 12.1. The van der Waals surface area contributed by atoms with Crippen LogP contribution >= 0.6 is 0 Å². The Hall–Kier alpha value is -1.63. The third-order valence-electron chi connectivity index (χ3n) is 3.11. The highest BCUT2D eigenvalue weighted by molar-refractivity contribution is 5.85. The minimum absolute atomic E-state index is 0.910. The standard InChI is InChI=1S/C16H19N/c1-3-5-11-16-15(8-4-2)14-10-7-6-9-13(14)12-17-16/h4,6-7,9-10,12H,2-3,5,8,11H2,1H3. The lowest BCUT2D eigenvalue weighted by molar-refractivity contribution is 0.771. The highest BCUT2D eigenvalue weighted by atomic mass is 14.7. The summed E-state index contributed by atoms with van der Waals surface area (Å²) < 4.78 is 0. The molecule has 0 fully saturated rings. The number of unbranched alkanes of at least 4 members (excludes halogenated alkanes) is 1. The number of aryl methyl sites for hydroxylation is 1. The monoisotopic (exact) mass is 225 g/mol. The molecule has 2 rings (SSSR count). The van der Waals surface area contributed by atoms with Crippen molar-refractivity contribution in [3.63, 3.8) is 0 Å². The van der Waals surface area contributed by atoms with E-state index < -0.39 is 0 Å². The maximum absolute atomic E-state index is 4.62. The molecule has 0 saturated carbocycles. The van der Waals surface area contributed by atoms with Gasteiger partial charge in [0.15, 0.2) is 0 Å². The molecule has 1 heteroatoms. The van der Waals surface area contributed by atoms with Crippen LogP contribution in [0.5, 0.6) is 0 Å². The number of allylic oxidation sites excluding steroid dienone is 1. The molecule has 88 valence electrons. The van der Waals surface area contributed by atoms with Crippen molar-refractivity contribution in [2.45, 2.75) is 32.6 Å². The molecule has 0 radical (unpaired) electrons. The van der Waals surface area contributed by atoms with Crippen LogP contribution in [0.1, 0.15) is 31.0 Å². The van der Waals surface area contributed by atoms with Crippen LogP contribution in [0, 0.1) is 0 Å². The molecule has 0 unspecified atom stereocenters. The van der Waals surface area contributed by atoms with Crippen LogP contribution in [0.2, 0.25) is 0 Å². The Bertz CT molecular complexity index is 514. The number of rotatable bonds is 5. The first kappa shape index (κ1) is 11.8. The molecule has 0 spiro atoms. The van der Waals surface area contributed by atoms with Gasteiger partial charge < -0.3 is 0 Å². The molecule has 1 aromatic carbocycles. The van der Waals surface area contributed by atoms with Crippen molar-refractivity contribution in [2.24, 2.45) is 0 Å². The van der Waals surface area contributed by atoms with Crippen LogP contribution in [-0.2, 0) is 12.8 Å². The molecule has 1 aromatic heterocycles. The number of hydrogen-bond donors (Lipinski definition) is 0. The molecular formula is C16H19N. The molecule has 0 N–H and O–H groups in total. The van der Waals surface area contributed by atoms with E-state index in [1.54, 1.807) is 0 Å². The second kappa shape index (κ2) is 5.62. The van der Waals surface area contributed by atoms with Gasteiger partial charge >= 0.3 is 0 Å². The van der Waals surface area contributed by atoms with Crippen LogP contribution in [0.4, 0.5) is 0 Å². The van der Waals surface area contributed by atoms with E-state index in [1.165, 1.54) is 34.9 Å². The third kappa shape index (κ3) is 2.55. The van der Waals surface area contributed by atoms with E-state index in [9.17, 15) is 0 Å². The van der Waals surface area contributed by atoms with Crippen molar-refractivity contribution in [3.8, 4) is 0 Å². The summed E-state index contributed by atoms with van der Waals surface area (Å²) in [4.78, 5) is 4.62. The van der Waals surface area contributed by atoms with Crippen molar-refractivity contribution < 1.29 is 0 Å². The van der Waals surface area contributed by atoms with E-state index in [1.807, 2.05) is 12.3 Å². The molecule has 0 bridgehead atoms. The molecule has 0 aliphatic heterocycles. The number of hydrogen-bond acceptors (Lipinski definition) is 1. The zero-order valence-corrected chi connectivity index (χ0v) is 10.4. The van der Waals surface area contributed by atoms with Crippen LogP contribution in [0.15, 0.2) is 43.1 Å². The summed E-state index contributed by atoms with van der Waals surface area (Å²) in [5.74, 6) is 0. The van der Waals surface area contributed by atoms with E-state index in [0.29, 0.717) is 0 Å². The van der Waals surface area contributed by atoms with Gasteiger partial charge in [-0.15, -0.1) is 6.58 Å². The normalized spacial score (nSPS) is 10.6. The second-order valence-corrected chi connectivity index (χ2v) is 4.37. The average Bonchev–Trinajstić information content (AvgIpc) is 2.38. The molecule has 0 saturated heterocycles. The summed E-state index contributed by atoms with van der Waals surface area (Å²) in [6.45, 7) is 6.07. The lowest BCUT2D eigenvalue weighted by atomic mass is 9.99. The van der Waals surface area contributed by atoms with E-state index in [0.717, 1.165) is 12.8 Å². The van der Waals surface area contributed by atoms with Gasteiger partial charge in [0.05, 0.1) is 0 Å². The molecule has 17 heavy (non-hydrogen) atoms. The molecule has 0 aliphatic carbocycles. The minimum atomic E-state index is 0.910. The minimum Gasteiger partial charge on any atom is -0.260 e. The van der Waals surface area contributed by atoms with Crippen LogP contribution in [-0.4, -0.2) is 4.98 Å². The maximum atomic E-state index is 4.62. The van der Waals surface area contributed by atoms with Gasteiger partial charge in [-0.25, -0.2) is 0 Å². The van der Waals surface area contributed by atoms with Gasteiger partial charge in [0.25, 0.3) is 0 Å². The summed E-state index contributed by atoms with van der Waals surface area (Å²) in [6.07, 6.45) is 8.36. The molecule has 1 nitrogen and oxygen atoms in total. The number of aromatic nitrogens is 1. The van der Waals surface area contributed by atoms with Gasteiger partial charge in [-0.1, -0.05) is 43.7 Å². The number of fused-ring (bicyclic) bond motifs is 1. The summed E-state index contributed by atoms with van der Waals surface area (Å²) in [5, 5.41) is 2.55. The highest BCUT2D eigenvalue weighted by Crippen LogP contribution is 2.22. The van der Waals surface area contributed by atoms with Crippen molar-refractivity contribution >= 4 is 10.8 Å². The van der Waals surface area contributed by atoms with Crippen molar-refractivity contribution in [2.75, 3.05) is 0 Å². The van der Waals surface area contributed by atoms with Gasteiger partial charge in [0, 0.05) is 17.3 Å². The quantitative estimate of drug-likeness (QED) is 0.691. The fraction of sp³-hybridized carbons (Fsp3) is 0.312. The molecule has 0 aliphatic rings. The van der Waals surface area contributed by atoms with Gasteiger partial charge in [0.1, 0.15) is 0 Å². The second-order valence-electron chi connectivity index (χ2n) is 4.37. The fourth-order valence-corrected chi connectivity index (χ4v) is 2.20. The van der Waals surface area contributed by atoms with Crippen molar-refractivity contribution in [1.82, 2.24) is 4.98 Å². The van der Waals surface area contributed by atoms with Crippen LogP contribution in [0.25, 0.3) is 10.8 Å². The number of pyridine rings is 1. The lowest BCUT2D eigenvalue weighted by Crippen LogP contribution is -1.98. The van der Waals surface area contributed by atoms with E-state index in [-0.39, 0.29) is 0 Å². The Morgan fingerprint density at radius 2 is 2.12 bits per heavy atom. The smallest absolute Gasteiger partial charge is 0.0445 e. The predicted octanol–water partition coefficient (Wildman–Crippen LogP) is 4.31. The fourth-order valence-electron chi connectivity index (χ4n) is 2.20. The Balaban J connectivity index is 2.51. The SMILES string of the molecule is C=CCc1c(CCCC)ncc2ccccc12. The van der Waals surface area contributed by atoms with Gasteiger partial charge in [-0.05, 0) is 30.2 Å². The van der Waals surface area contributed by atoms with Gasteiger partial charge in [-0.2, -0.15) is 0 Å². The average molecular weight is 225 g/mol. The Morgan fingerprint density at radius 1 is 1.29 bits per heavy atom. The molecular weight excluding hydrogens is 206 g/mol. The third-order valence-corrected chi connectivity index (χ3v) is 3.11. The Labute approximate surface area is 103 Å². The summed E-state index contributed by atoms with van der Waals surface area (Å²) in [7, 11) is 0. The van der Waals surface area contributed by atoms with Crippen LogP contribution < -0.4 is 0 Å². The Morgan fingerprint density at radius 3 is 2.88 bits per heavy atom. The van der Waals surface area contributed by atoms with E-state index in [4.69, 9.17) is 0 Å². The van der Waals surface area contributed by atoms with Crippen molar-refractivity contribution in [1.29, 1.82) is 0 Å². The molecule has 0 amide bonds. The number of benzene rings is 1. The lowest BCUT2D eigenvalue weighted by Gasteiger charge is -2.10. The highest BCUT2D eigenvalue weighted by Gasteiger charge is 2.07. The Kier molecular flexibility index (Phi) is 3.92. The summed E-state index contributed by atoms with van der Waals surface area (Å²) >= 11 is 0. The van der Waals surface area contributed by atoms with Crippen LogP contribution in [0.3, 0.4) is 0 Å². The predicted molar refractivity (Wildman–Crippen MR) is 74.3 cm³/mol. The first-order valence-electron chi connectivity index (χ1n) is 6.33. The van der Waals surface area contributed by atoms with Crippen molar-refractivity contribution in [3.05, 3.63) is 54.4 Å². The first-order valence-corrected chi connectivity index (χ1v) is 6.33. The topological polar surface area (TPSA) is 12.9 Å². The largest absolute Gasteiger partial charge is 0.260 e. The summed E-state index contributed by atoms with van der Waals surface area (Å²) in [6, 6.07) is 8.47. The van der Waals surface area contributed by atoms with Gasteiger partial charge in [-0.3, -0.25) is 4.98 Å². The first-order chi connectivity index (χ1) is 8.36. The van der Waals surface area contributed by atoms with E-state index in [2.05, 4.69) is 42.8 Å². The maximum Gasteiger partial charge on any atom is 0.0445 e. The molecule has 0 atom stereocenters. The zero-order valence-electron chi connectivity index (χ0n) is 10.4. The number of nitrogens with zero attached hydrogens (tertiary/aromatic N) is 1. The molecule has 1 heterocycles. The van der Waals surface area contributed by atoms with Gasteiger partial charge in [0.2, 0.25) is 0 Å². The summed E-state index contributed by atoms with van der Waals surface area (Å²) in [5.41, 5.74) is 2.59. The van der Waals surface area contributed by atoms with E-state index >= 15 is 0 Å². The molecule has 2 aromatic rings.